The molecular formula is C29H32N2O4. The third-order valence-electron chi connectivity index (χ3n) is 5.92. The second-order valence-electron chi connectivity index (χ2n) is 9.71. The highest BCUT2D eigenvalue weighted by Crippen LogP contribution is 2.35. The van der Waals surface area contributed by atoms with Crippen LogP contribution in [0.25, 0.3) is 0 Å². The molecule has 1 aliphatic rings. The molecule has 1 heterocycles. The molecular weight excluding hydrogens is 440 g/mol. The number of rotatable bonds is 8. The number of amides is 1. The first-order valence-corrected chi connectivity index (χ1v) is 11.8. The minimum atomic E-state index is -0.762. The van der Waals surface area contributed by atoms with Crippen LogP contribution in [0.5, 0.6) is 5.75 Å². The van der Waals surface area contributed by atoms with Gasteiger partial charge in [-0.25, -0.2) is 4.79 Å². The predicted octanol–water partition coefficient (Wildman–Crippen LogP) is 4.82. The van der Waals surface area contributed by atoms with Crippen LogP contribution < -0.4 is 9.64 Å². The van der Waals surface area contributed by atoms with Crippen LogP contribution in [0.3, 0.4) is 0 Å². The first-order chi connectivity index (χ1) is 16.8. The van der Waals surface area contributed by atoms with Crippen LogP contribution in [0.15, 0.2) is 84.9 Å². The van der Waals surface area contributed by atoms with Gasteiger partial charge in [-0.3, -0.25) is 14.6 Å². The van der Waals surface area contributed by atoms with Crippen molar-refractivity contribution in [1.82, 2.24) is 4.90 Å². The van der Waals surface area contributed by atoms with Gasteiger partial charge in [0.25, 0.3) is 0 Å². The maximum absolute atomic E-state index is 13.7. The maximum Gasteiger partial charge on any atom is 0.331 e. The van der Waals surface area contributed by atoms with Crippen LogP contribution in [0.1, 0.15) is 31.9 Å². The summed E-state index contributed by atoms with van der Waals surface area (Å²) in [6, 6.07) is 25.7. The van der Waals surface area contributed by atoms with Crippen LogP contribution in [-0.4, -0.2) is 41.6 Å². The quantitative estimate of drug-likeness (QED) is 0.347. The fraction of sp³-hybridized carbons (Fsp3) is 0.310. The molecule has 0 unspecified atom stereocenters. The number of benzene rings is 3. The summed E-state index contributed by atoms with van der Waals surface area (Å²) < 4.78 is 11.0. The molecule has 4 rings (SSSR count). The molecule has 1 amide bonds. The summed E-state index contributed by atoms with van der Waals surface area (Å²) in [5, 5.41) is 0. The Balaban J connectivity index is 1.69. The zero-order valence-corrected chi connectivity index (χ0v) is 20.7. The first-order valence-electron chi connectivity index (χ1n) is 11.8. The van der Waals surface area contributed by atoms with Crippen LogP contribution in [0, 0.1) is 0 Å². The molecule has 3 aromatic rings. The zero-order valence-electron chi connectivity index (χ0n) is 20.7. The molecule has 1 aliphatic heterocycles. The topological polar surface area (TPSA) is 59.1 Å². The SMILES string of the molecule is COc1ccc(N2C(=O)[C@@H](N(Cc3ccccc3)Cc3ccccc3)[C@@H]2C(=O)OC(C)(C)C)cc1. The summed E-state index contributed by atoms with van der Waals surface area (Å²) in [5.74, 6) is 0.142. The molecule has 6 heteroatoms. The Labute approximate surface area is 207 Å². The van der Waals surface area contributed by atoms with Gasteiger partial charge in [-0.15, -0.1) is 0 Å². The van der Waals surface area contributed by atoms with Crippen molar-refractivity contribution in [2.45, 2.75) is 51.5 Å². The summed E-state index contributed by atoms with van der Waals surface area (Å²) >= 11 is 0. The van der Waals surface area contributed by atoms with Crippen LogP contribution in [-0.2, 0) is 27.4 Å². The van der Waals surface area contributed by atoms with Gasteiger partial charge in [0.1, 0.15) is 17.4 Å². The average molecular weight is 473 g/mol. The molecule has 0 aromatic heterocycles. The maximum atomic E-state index is 13.7. The van der Waals surface area contributed by atoms with Gasteiger partial charge in [-0.1, -0.05) is 60.7 Å². The van der Waals surface area contributed by atoms with E-state index in [9.17, 15) is 9.59 Å². The fourth-order valence-electron chi connectivity index (χ4n) is 4.35. The van der Waals surface area contributed by atoms with Gasteiger partial charge < -0.3 is 9.47 Å². The second-order valence-corrected chi connectivity index (χ2v) is 9.71. The Hall–Kier alpha value is -3.64. The second kappa shape index (κ2) is 10.3. The lowest BCUT2D eigenvalue weighted by Gasteiger charge is -2.50. The zero-order chi connectivity index (χ0) is 25.0. The number of ether oxygens (including phenoxy) is 2. The molecule has 2 atom stereocenters. The normalized spacial score (nSPS) is 17.7. The first kappa shape index (κ1) is 24.5. The number of hydrogen-bond donors (Lipinski definition) is 0. The van der Waals surface area contributed by atoms with E-state index in [2.05, 4.69) is 4.90 Å². The highest BCUT2D eigenvalue weighted by Gasteiger charge is 2.56. The Bertz CT molecular complexity index is 1100. The molecule has 6 nitrogen and oxygen atoms in total. The third-order valence-corrected chi connectivity index (χ3v) is 5.92. The summed E-state index contributed by atoms with van der Waals surface area (Å²) in [6.45, 7) is 6.57. The van der Waals surface area contributed by atoms with Crippen molar-refractivity contribution in [1.29, 1.82) is 0 Å². The van der Waals surface area contributed by atoms with Crippen molar-refractivity contribution >= 4 is 17.6 Å². The third kappa shape index (κ3) is 5.72. The lowest BCUT2D eigenvalue weighted by Crippen LogP contribution is -2.74. The predicted molar refractivity (Wildman–Crippen MR) is 136 cm³/mol. The number of β-lactam (4-membered cyclic amide) rings is 1. The lowest BCUT2D eigenvalue weighted by molar-refractivity contribution is -0.165. The number of esters is 1. The van der Waals surface area contributed by atoms with E-state index in [1.807, 2.05) is 81.4 Å². The van der Waals surface area contributed by atoms with E-state index in [-0.39, 0.29) is 5.91 Å². The van der Waals surface area contributed by atoms with Gasteiger partial charge in [0.2, 0.25) is 5.91 Å². The molecule has 0 saturated carbocycles. The van der Waals surface area contributed by atoms with Crippen LogP contribution >= 0.6 is 0 Å². The Kier molecular flexibility index (Phi) is 7.22. The summed E-state index contributed by atoms with van der Waals surface area (Å²) in [5.41, 5.74) is 2.11. The molecule has 0 aliphatic carbocycles. The van der Waals surface area contributed by atoms with E-state index in [0.29, 0.717) is 24.5 Å². The molecule has 0 radical (unpaired) electrons. The van der Waals surface area contributed by atoms with Gasteiger partial charge in [0.15, 0.2) is 6.04 Å². The number of methoxy groups -OCH3 is 1. The number of carbonyl (C=O) groups excluding carboxylic acids is 2. The van der Waals surface area contributed by atoms with Gasteiger partial charge in [0, 0.05) is 18.8 Å². The Morgan fingerprint density at radius 3 is 1.83 bits per heavy atom. The highest BCUT2D eigenvalue weighted by atomic mass is 16.6. The number of nitrogens with zero attached hydrogens (tertiary/aromatic N) is 2. The van der Waals surface area contributed by atoms with E-state index in [0.717, 1.165) is 11.1 Å². The van der Waals surface area contributed by atoms with Crippen molar-refractivity contribution in [3.63, 3.8) is 0 Å². The Morgan fingerprint density at radius 1 is 0.857 bits per heavy atom. The smallest absolute Gasteiger partial charge is 0.331 e. The minimum absolute atomic E-state index is 0.127. The molecule has 3 aromatic carbocycles. The molecule has 0 N–H and O–H groups in total. The van der Waals surface area contributed by atoms with Gasteiger partial charge >= 0.3 is 5.97 Å². The van der Waals surface area contributed by atoms with E-state index >= 15 is 0 Å². The monoisotopic (exact) mass is 472 g/mol. The molecule has 0 bridgehead atoms. The molecule has 182 valence electrons. The number of anilines is 1. The lowest BCUT2D eigenvalue weighted by atomic mass is 9.90. The standard InChI is InChI=1S/C29H32N2O4/c1-29(2,3)35-28(33)26-25(27(32)31(26)23-15-17-24(34-4)18-16-23)30(19-21-11-7-5-8-12-21)20-22-13-9-6-10-14-22/h5-18,25-26H,19-20H2,1-4H3/t25-,26+/m0/s1. The molecule has 1 fully saturated rings. The summed E-state index contributed by atoms with van der Waals surface area (Å²) in [7, 11) is 1.59. The van der Waals surface area contributed by atoms with Gasteiger partial charge in [-0.05, 0) is 56.2 Å². The van der Waals surface area contributed by atoms with Crippen molar-refractivity contribution in [3.05, 3.63) is 96.1 Å². The fourth-order valence-corrected chi connectivity index (χ4v) is 4.35. The molecule has 0 spiro atoms. The molecule has 1 saturated heterocycles. The summed E-state index contributed by atoms with van der Waals surface area (Å²) in [4.78, 5) is 30.7. The minimum Gasteiger partial charge on any atom is -0.497 e. The van der Waals surface area contributed by atoms with E-state index < -0.39 is 23.7 Å². The molecule has 35 heavy (non-hydrogen) atoms. The van der Waals surface area contributed by atoms with Crippen molar-refractivity contribution in [3.8, 4) is 5.75 Å². The van der Waals surface area contributed by atoms with E-state index in [1.54, 1.807) is 36.3 Å². The highest BCUT2D eigenvalue weighted by molar-refractivity contribution is 6.13. The number of hydrogen-bond acceptors (Lipinski definition) is 5. The van der Waals surface area contributed by atoms with Crippen LogP contribution in [0.2, 0.25) is 0 Å². The van der Waals surface area contributed by atoms with Gasteiger partial charge in [-0.2, -0.15) is 0 Å². The van der Waals surface area contributed by atoms with Crippen molar-refractivity contribution in [2.24, 2.45) is 0 Å². The van der Waals surface area contributed by atoms with Gasteiger partial charge in [0.05, 0.1) is 7.11 Å². The van der Waals surface area contributed by atoms with Crippen molar-refractivity contribution < 1.29 is 19.1 Å². The van der Waals surface area contributed by atoms with Crippen LogP contribution in [0.4, 0.5) is 5.69 Å². The van der Waals surface area contributed by atoms with E-state index in [4.69, 9.17) is 9.47 Å². The van der Waals surface area contributed by atoms with E-state index in [1.165, 1.54) is 0 Å². The Morgan fingerprint density at radius 2 is 1.37 bits per heavy atom. The number of carbonyl (C=O) groups is 2. The largest absolute Gasteiger partial charge is 0.497 e. The van der Waals surface area contributed by atoms with Crippen molar-refractivity contribution in [2.75, 3.05) is 12.0 Å². The summed E-state index contributed by atoms with van der Waals surface area (Å²) in [6.07, 6.45) is 0. The average Bonchev–Trinajstić information content (AvgIpc) is 2.83.